The molecule has 0 saturated heterocycles. The van der Waals surface area contributed by atoms with Crippen molar-refractivity contribution in [1.82, 2.24) is 15.3 Å². The van der Waals surface area contributed by atoms with Gasteiger partial charge in [0.2, 0.25) is 0 Å². The van der Waals surface area contributed by atoms with Crippen molar-refractivity contribution in [2.45, 2.75) is 6.92 Å². The molecule has 0 spiro atoms. The first kappa shape index (κ1) is 16.8. The number of benzene rings is 1. The third-order valence-corrected chi connectivity index (χ3v) is 4.47. The average Bonchev–Trinajstić information content (AvgIpc) is 3.03. The molecule has 2 heterocycles. The zero-order valence-electron chi connectivity index (χ0n) is 13.7. The highest BCUT2D eigenvalue weighted by Crippen LogP contribution is 2.33. The number of ether oxygens (including phenoxy) is 1. The Labute approximate surface area is 148 Å². The second kappa shape index (κ2) is 7.27. The lowest BCUT2D eigenvalue weighted by Gasteiger charge is -2.05. The number of methoxy groups -OCH3 is 1. The summed E-state index contributed by atoms with van der Waals surface area (Å²) in [6, 6.07) is 6.99. The van der Waals surface area contributed by atoms with Crippen molar-refractivity contribution >= 4 is 38.7 Å². The number of nitrogens with one attached hydrogen (secondary N) is 2. The zero-order chi connectivity index (χ0) is 17.8. The number of carbonyl (C=O) groups excluding carboxylic acids is 2. The molecule has 0 radical (unpaired) electrons. The molecule has 7 nitrogen and oxygen atoms in total. The number of anilines is 1. The molecular weight excluding hydrogens is 340 g/mol. The van der Waals surface area contributed by atoms with E-state index in [1.807, 2.05) is 25.1 Å². The largest absolute Gasteiger partial charge is 0.465 e. The molecule has 0 unspecified atom stereocenters. The Balaban J connectivity index is 2.10. The highest BCUT2D eigenvalue weighted by molar-refractivity contribution is 7.22. The van der Waals surface area contributed by atoms with Crippen molar-refractivity contribution in [3.8, 4) is 11.1 Å². The molecule has 0 aliphatic heterocycles. The van der Waals surface area contributed by atoms with E-state index in [1.54, 1.807) is 18.5 Å². The van der Waals surface area contributed by atoms with E-state index in [0.717, 1.165) is 11.1 Å². The number of hydrogen-bond donors (Lipinski definition) is 2. The fourth-order valence-electron chi connectivity index (χ4n) is 2.35. The van der Waals surface area contributed by atoms with Gasteiger partial charge >= 0.3 is 12.0 Å². The van der Waals surface area contributed by atoms with Gasteiger partial charge in [-0.25, -0.2) is 14.6 Å². The van der Waals surface area contributed by atoms with Crippen LogP contribution < -0.4 is 10.6 Å². The van der Waals surface area contributed by atoms with E-state index in [0.29, 0.717) is 27.5 Å². The molecule has 0 aliphatic rings. The Bertz CT molecular complexity index is 924. The van der Waals surface area contributed by atoms with Crippen molar-refractivity contribution in [1.29, 1.82) is 0 Å². The predicted molar refractivity (Wildman–Crippen MR) is 96.9 cm³/mol. The summed E-state index contributed by atoms with van der Waals surface area (Å²) in [5, 5.41) is 5.72. The smallest absolute Gasteiger partial charge is 0.339 e. The normalized spacial score (nSPS) is 10.5. The van der Waals surface area contributed by atoms with Crippen LogP contribution in [0.3, 0.4) is 0 Å². The van der Waals surface area contributed by atoms with Crippen molar-refractivity contribution in [2.75, 3.05) is 19.0 Å². The molecule has 0 fully saturated rings. The Morgan fingerprint density at radius 3 is 2.80 bits per heavy atom. The lowest BCUT2D eigenvalue weighted by molar-refractivity contribution is 0.0603. The number of pyridine rings is 1. The van der Waals surface area contributed by atoms with Crippen LogP contribution in [0.25, 0.3) is 21.3 Å². The number of urea groups is 1. The minimum Gasteiger partial charge on any atom is -0.465 e. The molecule has 3 rings (SSSR count). The monoisotopic (exact) mass is 356 g/mol. The summed E-state index contributed by atoms with van der Waals surface area (Å²) in [4.78, 5) is 32.4. The summed E-state index contributed by atoms with van der Waals surface area (Å²) in [7, 11) is 1.33. The Hall–Kier alpha value is -3.00. The molecule has 3 aromatic rings. The molecule has 2 amide bonds. The minimum atomic E-state index is -0.455. The molecule has 8 heteroatoms. The van der Waals surface area contributed by atoms with E-state index >= 15 is 0 Å². The summed E-state index contributed by atoms with van der Waals surface area (Å²) >= 11 is 1.23. The van der Waals surface area contributed by atoms with Crippen LogP contribution in [-0.4, -0.2) is 35.6 Å². The van der Waals surface area contributed by atoms with Gasteiger partial charge in [-0.2, -0.15) is 0 Å². The fourth-order valence-corrected chi connectivity index (χ4v) is 3.29. The third kappa shape index (κ3) is 3.58. The highest BCUT2D eigenvalue weighted by atomic mass is 32.1. The van der Waals surface area contributed by atoms with Crippen molar-refractivity contribution in [3.63, 3.8) is 0 Å². The Morgan fingerprint density at radius 1 is 1.28 bits per heavy atom. The van der Waals surface area contributed by atoms with E-state index in [2.05, 4.69) is 20.6 Å². The Kier molecular flexibility index (Phi) is 4.90. The van der Waals surface area contributed by atoms with Crippen LogP contribution in [0.15, 0.2) is 36.7 Å². The van der Waals surface area contributed by atoms with Crippen LogP contribution in [-0.2, 0) is 4.74 Å². The zero-order valence-corrected chi connectivity index (χ0v) is 14.5. The van der Waals surface area contributed by atoms with Gasteiger partial charge in [0, 0.05) is 24.5 Å². The average molecular weight is 356 g/mol. The lowest BCUT2D eigenvalue weighted by atomic mass is 10.0. The summed E-state index contributed by atoms with van der Waals surface area (Å²) in [6.45, 7) is 2.34. The first-order valence-corrected chi connectivity index (χ1v) is 8.42. The molecule has 0 saturated carbocycles. The maximum Gasteiger partial charge on any atom is 0.339 e. The number of esters is 1. The maximum atomic E-state index is 12.2. The number of aromatic nitrogens is 2. The van der Waals surface area contributed by atoms with Gasteiger partial charge in [0.25, 0.3) is 0 Å². The van der Waals surface area contributed by atoms with Gasteiger partial charge in [0.1, 0.15) is 0 Å². The second-order valence-corrected chi connectivity index (χ2v) is 6.11. The van der Waals surface area contributed by atoms with Gasteiger partial charge in [0.15, 0.2) is 5.13 Å². The van der Waals surface area contributed by atoms with Crippen LogP contribution in [0.1, 0.15) is 17.3 Å². The molecule has 0 aliphatic carbocycles. The first-order chi connectivity index (χ1) is 12.1. The van der Waals surface area contributed by atoms with Crippen LogP contribution in [0.2, 0.25) is 0 Å². The predicted octanol–water partition coefficient (Wildman–Crippen LogP) is 3.29. The van der Waals surface area contributed by atoms with Gasteiger partial charge in [-0.3, -0.25) is 10.3 Å². The molecule has 0 atom stereocenters. The van der Waals surface area contributed by atoms with Crippen LogP contribution in [0.5, 0.6) is 0 Å². The third-order valence-electron chi connectivity index (χ3n) is 3.45. The second-order valence-electron chi connectivity index (χ2n) is 5.11. The number of rotatable bonds is 4. The van der Waals surface area contributed by atoms with E-state index in [1.165, 1.54) is 18.4 Å². The topological polar surface area (TPSA) is 93.2 Å². The van der Waals surface area contributed by atoms with Crippen LogP contribution in [0, 0.1) is 0 Å². The fraction of sp³-hybridized carbons (Fsp3) is 0.176. The van der Waals surface area contributed by atoms with Crippen LogP contribution >= 0.6 is 11.3 Å². The maximum absolute atomic E-state index is 12.2. The van der Waals surface area contributed by atoms with E-state index < -0.39 is 5.97 Å². The first-order valence-electron chi connectivity index (χ1n) is 7.60. The lowest BCUT2D eigenvalue weighted by Crippen LogP contribution is -2.28. The Morgan fingerprint density at radius 2 is 2.12 bits per heavy atom. The summed E-state index contributed by atoms with van der Waals surface area (Å²) in [5.74, 6) is -0.455. The van der Waals surface area contributed by atoms with E-state index in [-0.39, 0.29) is 6.03 Å². The molecule has 2 N–H and O–H groups in total. The SMILES string of the molecule is CCNC(=O)Nc1nc2cc(-c3cccnc3)cc(C(=O)OC)c2s1. The highest BCUT2D eigenvalue weighted by Gasteiger charge is 2.18. The van der Waals surface area contributed by atoms with Crippen LogP contribution in [0.4, 0.5) is 9.93 Å². The standard InChI is InChI=1S/C17H16N4O3S/c1-3-19-16(23)21-17-20-13-8-11(10-5-4-6-18-9-10)7-12(14(13)25-17)15(22)24-2/h4-9H,3H2,1-2H3,(H2,19,20,21,23). The van der Waals surface area contributed by atoms with Crippen molar-refractivity contribution < 1.29 is 14.3 Å². The number of hydrogen-bond acceptors (Lipinski definition) is 6. The molecule has 0 bridgehead atoms. The summed E-state index contributed by atoms with van der Waals surface area (Å²) < 4.78 is 5.55. The van der Waals surface area contributed by atoms with E-state index in [9.17, 15) is 9.59 Å². The quantitative estimate of drug-likeness (QED) is 0.700. The van der Waals surface area contributed by atoms with Gasteiger partial charge in [-0.05, 0) is 30.7 Å². The molecule has 1 aromatic carbocycles. The van der Waals surface area contributed by atoms with Gasteiger partial charge in [-0.15, -0.1) is 0 Å². The minimum absolute atomic E-state index is 0.339. The number of fused-ring (bicyclic) bond motifs is 1. The van der Waals surface area contributed by atoms with E-state index in [4.69, 9.17) is 4.74 Å². The van der Waals surface area contributed by atoms with Gasteiger partial charge in [-0.1, -0.05) is 17.4 Å². The molecular formula is C17H16N4O3S. The van der Waals surface area contributed by atoms with Gasteiger partial charge in [0.05, 0.1) is 22.9 Å². The van der Waals surface area contributed by atoms with Gasteiger partial charge < -0.3 is 10.1 Å². The van der Waals surface area contributed by atoms with Crippen molar-refractivity contribution in [3.05, 3.63) is 42.2 Å². The summed E-state index contributed by atoms with van der Waals surface area (Å²) in [5.41, 5.74) is 2.68. The van der Waals surface area contributed by atoms with Crippen molar-refractivity contribution in [2.24, 2.45) is 0 Å². The molecule has 25 heavy (non-hydrogen) atoms. The number of amides is 2. The molecule has 2 aromatic heterocycles. The summed E-state index contributed by atoms with van der Waals surface area (Å²) in [6.07, 6.45) is 3.39. The number of nitrogens with zero attached hydrogens (tertiary/aromatic N) is 2. The number of carbonyl (C=O) groups is 2. The molecule has 128 valence electrons. The number of thiazole rings is 1.